The third-order valence-electron chi connectivity index (χ3n) is 2.18. The molecule has 15 heavy (non-hydrogen) atoms. The van der Waals surface area contributed by atoms with Crippen LogP contribution in [0.3, 0.4) is 0 Å². The second-order valence-corrected chi connectivity index (χ2v) is 3.74. The lowest BCUT2D eigenvalue weighted by Gasteiger charge is -2.10. The van der Waals surface area contributed by atoms with Crippen molar-refractivity contribution in [3.63, 3.8) is 0 Å². The van der Waals surface area contributed by atoms with Gasteiger partial charge in [-0.25, -0.2) is 0 Å². The van der Waals surface area contributed by atoms with Crippen LogP contribution in [0, 0.1) is 0 Å². The molecule has 0 bridgehead atoms. The third-order valence-corrected chi connectivity index (χ3v) is 2.18. The van der Waals surface area contributed by atoms with Crippen LogP contribution in [0.1, 0.15) is 25.8 Å². The summed E-state index contributed by atoms with van der Waals surface area (Å²) >= 11 is 0. The molecule has 0 radical (unpaired) electrons. The van der Waals surface area contributed by atoms with Crippen LogP contribution in [-0.4, -0.2) is 11.9 Å². The summed E-state index contributed by atoms with van der Waals surface area (Å²) in [5, 5.41) is 2.87. The van der Waals surface area contributed by atoms with Gasteiger partial charge in [0.05, 0.1) is 0 Å². The van der Waals surface area contributed by atoms with Crippen LogP contribution in [0.5, 0.6) is 0 Å². The Hall–Kier alpha value is -1.35. The highest BCUT2D eigenvalue weighted by Gasteiger charge is 2.07. The highest BCUT2D eigenvalue weighted by molar-refractivity contribution is 5.91. The molecule has 3 nitrogen and oxygen atoms in total. The van der Waals surface area contributed by atoms with E-state index in [1.165, 1.54) is 0 Å². The average molecular weight is 206 g/mol. The topological polar surface area (TPSA) is 55.1 Å². The normalized spacial score (nSPS) is 12.2. The number of carbonyl (C=O) groups excluding carboxylic acids is 1. The van der Waals surface area contributed by atoms with Gasteiger partial charge < -0.3 is 11.1 Å². The number of carbonyl (C=O) groups is 1. The molecule has 1 aromatic carbocycles. The van der Waals surface area contributed by atoms with Crippen molar-refractivity contribution in [2.24, 2.45) is 5.73 Å². The molecule has 1 unspecified atom stereocenters. The number of rotatable bonds is 4. The first-order valence-electron chi connectivity index (χ1n) is 5.26. The van der Waals surface area contributed by atoms with Crippen LogP contribution >= 0.6 is 0 Å². The molecule has 0 saturated heterocycles. The van der Waals surface area contributed by atoms with Crippen LogP contribution in [0.4, 0.5) is 5.69 Å². The highest BCUT2D eigenvalue weighted by Crippen LogP contribution is 2.15. The van der Waals surface area contributed by atoms with Gasteiger partial charge in [-0.1, -0.05) is 25.1 Å². The molecule has 0 aliphatic rings. The summed E-state index contributed by atoms with van der Waals surface area (Å²) in [6.45, 7) is 3.89. The average Bonchev–Trinajstić information content (AvgIpc) is 2.17. The molecule has 0 heterocycles. The first-order chi connectivity index (χ1) is 7.13. The lowest BCUT2D eigenvalue weighted by atomic mass is 10.1. The van der Waals surface area contributed by atoms with E-state index < -0.39 is 0 Å². The van der Waals surface area contributed by atoms with Gasteiger partial charge in [0.25, 0.3) is 0 Å². The lowest BCUT2D eigenvalue weighted by molar-refractivity contribution is -0.116. The summed E-state index contributed by atoms with van der Waals surface area (Å²) in [5.41, 5.74) is 7.60. The molecule has 1 atom stereocenters. The summed E-state index contributed by atoms with van der Waals surface area (Å²) in [7, 11) is 0. The smallest absolute Gasteiger partial charge is 0.225 e. The van der Waals surface area contributed by atoms with Crippen molar-refractivity contribution in [2.75, 3.05) is 5.32 Å². The van der Waals surface area contributed by atoms with Crippen molar-refractivity contribution in [2.45, 2.75) is 32.7 Å². The number of hydrogen-bond acceptors (Lipinski definition) is 2. The Kier molecular flexibility index (Phi) is 4.31. The minimum absolute atomic E-state index is 0.0223. The van der Waals surface area contributed by atoms with Gasteiger partial charge >= 0.3 is 0 Å². The van der Waals surface area contributed by atoms with E-state index in [4.69, 9.17) is 5.73 Å². The number of nitrogens with two attached hydrogens (primary N) is 1. The van der Waals surface area contributed by atoms with Crippen LogP contribution in [0.25, 0.3) is 0 Å². The molecule has 1 rings (SSSR count). The fourth-order valence-corrected chi connectivity index (χ4v) is 1.44. The van der Waals surface area contributed by atoms with Gasteiger partial charge in [-0.05, 0) is 25.0 Å². The minimum atomic E-state index is -0.0983. The molecule has 0 fully saturated rings. The van der Waals surface area contributed by atoms with Crippen LogP contribution < -0.4 is 11.1 Å². The molecule has 0 aliphatic carbocycles. The molecular weight excluding hydrogens is 188 g/mol. The second-order valence-electron chi connectivity index (χ2n) is 3.74. The van der Waals surface area contributed by atoms with Crippen molar-refractivity contribution in [1.82, 2.24) is 0 Å². The fraction of sp³-hybridized carbons (Fsp3) is 0.417. The molecular formula is C12H18N2O. The first-order valence-corrected chi connectivity index (χ1v) is 5.26. The number of hydrogen-bond donors (Lipinski definition) is 2. The van der Waals surface area contributed by atoms with Gasteiger partial charge in [0.2, 0.25) is 5.91 Å². The zero-order chi connectivity index (χ0) is 11.3. The van der Waals surface area contributed by atoms with Crippen LogP contribution in [-0.2, 0) is 11.2 Å². The van der Waals surface area contributed by atoms with Crippen molar-refractivity contribution >= 4 is 11.6 Å². The highest BCUT2D eigenvalue weighted by atomic mass is 16.1. The van der Waals surface area contributed by atoms with E-state index >= 15 is 0 Å². The SMILES string of the molecule is CCc1ccccc1NC(=O)CC(C)N. The van der Waals surface area contributed by atoms with Crippen LogP contribution in [0.15, 0.2) is 24.3 Å². The number of anilines is 1. The Morgan fingerprint density at radius 3 is 2.73 bits per heavy atom. The van der Waals surface area contributed by atoms with E-state index in [0.29, 0.717) is 6.42 Å². The van der Waals surface area contributed by atoms with E-state index in [0.717, 1.165) is 17.7 Å². The van der Waals surface area contributed by atoms with Crippen molar-refractivity contribution in [3.8, 4) is 0 Å². The third kappa shape index (κ3) is 3.72. The molecule has 0 aliphatic heterocycles. The molecule has 0 aromatic heterocycles. The molecule has 82 valence electrons. The quantitative estimate of drug-likeness (QED) is 0.790. The summed E-state index contributed by atoms with van der Waals surface area (Å²) in [4.78, 5) is 11.5. The number of nitrogens with one attached hydrogen (secondary N) is 1. The number of benzene rings is 1. The standard InChI is InChI=1S/C12H18N2O/c1-3-10-6-4-5-7-11(10)14-12(15)8-9(2)13/h4-7,9H,3,8,13H2,1-2H3,(H,14,15). The molecule has 0 spiro atoms. The predicted octanol–water partition coefficient (Wildman–Crippen LogP) is 1.92. The molecule has 0 saturated carbocycles. The second kappa shape index (κ2) is 5.51. The maximum absolute atomic E-state index is 11.5. The Balaban J connectivity index is 2.67. The molecule has 1 aromatic rings. The molecule has 3 N–H and O–H groups in total. The maximum atomic E-state index is 11.5. The largest absolute Gasteiger partial charge is 0.327 e. The Morgan fingerprint density at radius 2 is 2.13 bits per heavy atom. The molecule has 1 amide bonds. The van der Waals surface area contributed by atoms with E-state index in [1.54, 1.807) is 0 Å². The zero-order valence-corrected chi connectivity index (χ0v) is 9.29. The Morgan fingerprint density at radius 1 is 1.47 bits per heavy atom. The van der Waals surface area contributed by atoms with Crippen molar-refractivity contribution in [3.05, 3.63) is 29.8 Å². The van der Waals surface area contributed by atoms with Gasteiger partial charge in [0.1, 0.15) is 0 Å². The maximum Gasteiger partial charge on any atom is 0.225 e. The Labute approximate surface area is 90.7 Å². The van der Waals surface area contributed by atoms with Gasteiger partial charge in [-0.3, -0.25) is 4.79 Å². The fourth-order valence-electron chi connectivity index (χ4n) is 1.44. The zero-order valence-electron chi connectivity index (χ0n) is 9.29. The predicted molar refractivity (Wildman–Crippen MR) is 62.7 cm³/mol. The van der Waals surface area contributed by atoms with Crippen molar-refractivity contribution in [1.29, 1.82) is 0 Å². The van der Waals surface area contributed by atoms with Gasteiger partial charge in [-0.15, -0.1) is 0 Å². The first kappa shape index (κ1) is 11.7. The van der Waals surface area contributed by atoms with Gasteiger partial charge in [-0.2, -0.15) is 0 Å². The minimum Gasteiger partial charge on any atom is -0.327 e. The van der Waals surface area contributed by atoms with E-state index in [2.05, 4.69) is 12.2 Å². The Bertz CT molecular complexity index is 334. The van der Waals surface area contributed by atoms with E-state index in [1.807, 2.05) is 31.2 Å². The van der Waals surface area contributed by atoms with E-state index in [9.17, 15) is 4.79 Å². The summed E-state index contributed by atoms with van der Waals surface area (Å²) in [6, 6.07) is 7.72. The summed E-state index contributed by atoms with van der Waals surface area (Å²) in [5.74, 6) is -0.0223. The van der Waals surface area contributed by atoms with Gasteiger partial charge in [0.15, 0.2) is 0 Å². The number of amides is 1. The molecule has 3 heteroatoms. The number of aryl methyl sites for hydroxylation is 1. The number of para-hydroxylation sites is 1. The lowest BCUT2D eigenvalue weighted by Crippen LogP contribution is -2.24. The van der Waals surface area contributed by atoms with Crippen LogP contribution in [0.2, 0.25) is 0 Å². The van der Waals surface area contributed by atoms with E-state index in [-0.39, 0.29) is 11.9 Å². The van der Waals surface area contributed by atoms with Crippen molar-refractivity contribution < 1.29 is 4.79 Å². The summed E-state index contributed by atoms with van der Waals surface area (Å²) < 4.78 is 0. The van der Waals surface area contributed by atoms with Gasteiger partial charge in [0, 0.05) is 18.2 Å². The monoisotopic (exact) mass is 206 g/mol. The summed E-state index contributed by atoms with van der Waals surface area (Å²) in [6.07, 6.45) is 1.27.